The highest BCUT2D eigenvalue weighted by molar-refractivity contribution is 7.81. The first-order valence-electron chi connectivity index (χ1n) is 3.03. The van der Waals surface area contributed by atoms with E-state index in [4.69, 9.17) is 10.8 Å². The first kappa shape index (κ1) is 9.08. The third-order valence-corrected chi connectivity index (χ3v) is 2.70. The molecule has 0 bridgehead atoms. The fourth-order valence-electron chi connectivity index (χ4n) is 0.700. The third-order valence-electron chi connectivity index (χ3n) is 1.20. The second kappa shape index (κ2) is 3.16. The molecule has 3 N–H and O–H groups in total. The summed E-state index contributed by atoms with van der Waals surface area (Å²) in [7, 11) is 0. The molecule has 0 saturated carbocycles. The number of nitrogens with zero attached hydrogens (tertiary/aromatic N) is 1. The fraction of sp³-hybridized carbons (Fsp3) is 0.167. The highest BCUT2D eigenvalue weighted by atomic mass is 32.1. The van der Waals surface area contributed by atoms with Crippen LogP contribution in [0.1, 0.15) is 20.4 Å². The monoisotopic (exact) mass is 202 g/mol. The molecule has 0 aliphatic rings. The average molecular weight is 202 g/mol. The van der Waals surface area contributed by atoms with Gasteiger partial charge in [0.2, 0.25) is 0 Å². The van der Waals surface area contributed by atoms with Gasteiger partial charge in [0.15, 0.2) is 5.01 Å². The van der Waals surface area contributed by atoms with Crippen LogP contribution in [0, 0.1) is 6.92 Å². The summed E-state index contributed by atoms with van der Waals surface area (Å²) in [5.74, 6) is -0.993. The topological polar surface area (TPSA) is 76.2 Å². The molecule has 0 saturated heterocycles. The fourth-order valence-corrected chi connectivity index (χ4v) is 1.63. The van der Waals surface area contributed by atoms with Crippen molar-refractivity contribution in [3.63, 3.8) is 0 Å². The van der Waals surface area contributed by atoms with Crippen molar-refractivity contribution in [1.82, 2.24) is 4.98 Å². The van der Waals surface area contributed by atoms with Crippen LogP contribution >= 0.6 is 23.6 Å². The Morgan fingerprint density at radius 1 is 1.75 bits per heavy atom. The van der Waals surface area contributed by atoms with Gasteiger partial charge in [-0.3, -0.25) is 0 Å². The van der Waals surface area contributed by atoms with E-state index >= 15 is 0 Å². The van der Waals surface area contributed by atoms with Gasteiger partial charge in [0.25, 0.3) is 0 Å². The van der Waals surface area contributed by atoms with E-state index in [1.54, 1.807) is 6.92 Å². The number of thiocarbonyl (C=S) groups is 1. The van der Waals surface area contributed by atoms with Crippen LogP contribution < -0.4 is 5.73 Å². The lowest BCUT2D eigenvalue weighted by molar-refractivity contribution is 0.0701. The van der Waals surface area contributed by atoms with Crippen LogP contribution in [-0.2, 0) is 0 Å². The molecule has 1 aromatic heterocycles. The molecule has 0 aromatic carbocycles. The molecule has 64 valence electrons. The molecule has 0 aliphatic heterocycles. The lowest BCUT2D eigenvalue weighted by Crippen LogP contribution is -2.08. The summed E-state index contributed by atoms with van der Waals surface area (Å²) in [6.45, 7) is 1.61. The SMILES string of the molecule is Cc1nc(C(N)=S)sc1C(=O)O. The Hall–Kier alpha value is -1.01. The van der Waals surface area contributed by atoms with Gasteiger partial charge in [-0.15, -0.1) is 11.3 Å². The number of aromatic carboxylic acids is 1. The maximum atomic E-state index is 10.5. The molecule has 12 heavy (non-hydrogen) atoms. The van der Waals surface area contributed by atoms with Gasteiger partial charge in [0, 0.05) is 0 Å². The van der Waals surface area contributed by atoms with Crippen LogP contribution in [0.3, 0.4) is 0 Å². The van der Waals surface area contributed by atoms with E-state index < -0.39 is 5.97 Å². The van der Waals surface area contributed by atoms with E-state index in [1.807, 2.05) is 0 Å². The van der Waals surface area contributed by atoms with Gasteiger partial charge in [0.05, 0.1) is 5.69 Å². The normalized spacial score (nSPS) is 9.75. The van der Waals surface area contributed by atoms with Gasteiger partial charge in [-0.25, -0.2) is 9.78 Å². The number of aromatic nitrogens is 1. The molecule has 1 heterocycles. The van der Waals surface area contributed by atoms with E-state index in [0.717, 1.165) is 11.3 Å². The number of hydrogen-bond donors (Lipinski definition) is 2. The summed E-state index contributed by atoms with van der Waals surface area (Å²) in [5, 5.41) is 9.05. The maximum Gasteiger partial charge on any atom is 0.347 e. The molecule has 0 spiro atoms. The number of aryl methyl sites for hydroxylation is 1. The van der Waals surface area contributed by atoms with Crippen molar-refractivity contribution in [3.05, 3.63) is 15.6 Å². The number of thiazole rings is 1. The Balaban J connectivity index is 3.17. The van der Waals surface area contributed by atoms with E-state index in [2.05, 4.69) is 17.2 Å². The lowest BCUT2D eigenvalue weighted by atomic mass is 10.4. The highest BCUT2D eigenvalue weighted by Crippen LogP contribution is 2.17. The molecule has 1 aromatic rings. The Labute approximate surface area is 78.0 Å². The molecule has 0 unspecified atom stereocenters. The van der Waals surface area contributed by atoms with Crippen LogP contribution in [-0.4, -0.2) is 21.0 Å². The van der Waals surface area contributed by atoms with Gasteiger partial charge in [-0.2, -0.15) is 0 Å². The Morgan fingerprint density at radius 2 is 2.33 bits per heavy atom. The third kappa shape index (κ3) is 1.59. The summed E-state index contributed by atoms with van der Waals surface area (Å²) in [4.78, 5) is 14.8. The van der Waals surface area contributed by atoms with Gasteiger partial charge in [0.1, 0.15) is 9.87 Å². The largest absolute Gasteiger partial charge is 0.477 e. The number of carboxylic acid groups (broad SMARTS) is 1. The Morgan fingerprint density at radius 3 is 2.58 bits per heavy atom. The first-order chi connectivity index (χ1) is 5.52. The zero-order valence-corrected chi connectivity index (χ0v) is 7.83. The zero-order chi connectivity index (χ0) is 9.30. The summed E-state index contributed by atoms with van der Waals surface area (Å²) in [6.07, 6.45) is 0. The minimum absolute atomic E-state index is 0.135. The second-order valence-electron chi connectivity index (χ2n) is 2.10. The van der Waals surface area contributed by atoms with Crippen LogP contribution in [0.15, 0.2) is 0 Å². The summed E-state index contributed by atoms with van der Waals surface area (Å²) >= 11 is 5.65. The quantitative estimate of drug-likeness (QED) is 0.693. The van der Waals surface area contributed by atoms with Gasteiger partial charge >= 0.3 is 5.97 Å². The zero-order valence-electron chi connectivity index (χ0n) is 6.20. The van der Waals surface area contributed by atoms with Crippen LogP contribution in [0.4, 0.5) is 0 Å². The van der Waals surface area contributed by atoms with Crippen LogP contribution in [0.2, 0.25) is 0 Å². The lowest BCUT2D eigenvalue weighted by Gasteiger charge is -1.84. The molecule has 4 nitrogen and oxygen atoms in total. The van der Waals surface area contributed by atoms with Gasteiger partial charge in [-0.1, -0.05) is 12.2 Å². The Bertz CT molecular complexity index is 345. The minimum atomic E-state index is -0.993. The highest BCUT2D eigenvalue weighted by Gasteiger charge is 2.14. The summed E-state index contributed by atoms with van der Waals surface area (Å²) in [5.41, 5.74) is 5.74. The predicted octanol–water partition coefficient (Wildman–Crippen LogP) is 0.784. The number of hydrogen-bond acceptors (Lipinski definition) is 4. The minimum Gasteiger partial charge on any atom is -0.477 e. The number of nitrogens with two attached hydrogens (primary N) is 1. The average Bonchev–Trinajstić information content (AvgIpc) is 2.30. The molecule has 1 rings (SSSR count). The van der Waals surface area contributed by atoms with Gasteiger partial charge in [-0.05, 0) is 6.92 Å². The van der Waals surface area contributed by atoms with Crippen molar-refractivity contribution in [2.24, 2.45) is 5.73 Å². The first-order valence-corrected chi connectivity index (χ1v) is 4.25. The van der Waals surface area contributed by atoms with E-state index in [-0.39, 0.29) is 9.87 Å². The van der Waals surface area contributed by atoms with Crippen molar-refractivity contribution >= 4 is 34.5 Å². The van der Waals surface area contributed by atoms with Crippen LogP contribution in [0.5, 0.6) is 0 Å². The number of carboxylic acids is 1. The predicted molar refractivity (Wildman–Crippen MR) is 49.7 cm³/mol. The molecule has 6 heteroatoms. The maximum absolute atomic E-state index is 10.5. The molecule has 0 amide bonds. The van der Waals surface area contributed by atoms with E-state index in [0.29, 0.717) is 10.7 Å². The van der Waals surface area contributed by atoms with Crippen molar-refractivity contribution in [3.8, 4) is 0 Å². The number of carbonyl (C=O) groups is 1. The molecule has 0 atom stereocenters. The number of rotatable bonds is 2. The van der Waals surface area contributed by atoms with Crippen LogP contribution in [0.25, 0.3) is 0 Å². The molecular weight excluding hydrogens is 196 g/mol. The van der Waals surface area contributed by atoms with Crippen molar-refractivity contribution in [2.45, 2.75) is 6.92 Å². The van der Waals surface area contributed by atoms with E-state index in [9.17, 15) is 4.79 Å². The Kier molecular flexibility index (Phi) is 2.39. The standard InChI is InChI=1S/C6H6N2O2S2/c1-2-3(6(9)10)12-5(8-2)4(7)11/h1H3,(H2,7,11)(H,9,10). The summed E-state index contributed by atoms with van der Waals surface area (Å²) < 4.78 is 0. The van der Waals surface area contributed by atoms with E-state index in [1.165, 1.54) is 0 Å². The molecule has 0 fully saturated rings. The molecule has 0 aliphatic carbocycles. The van der Waals surface area contributed by atoms with Crippen molar-refractivity contribution < 1.29 is 9.90 Å². The second-order valence-corrected chi connectivity index (χ2v) is 3.54. The smallest absolute Gasteiger partial charge is 0.347 e. The van der Waals surface area contributed by atoms with Crippen molar-refractivity contribution in [2.75, 3.05) is 0 Å². The summed E-state index contributed by atoms with van der Waals surface area (Å²) in [6, 6.07) is 0. The molecular formula is C6H6N2O2S2. The van der Waals surface area contributed by atoms with Gasteiger partial charge < -0.3 is 10.8 Å². The molecule has 0 radical (unpaired) electrons. The van der Waals surface area contributed by atoms with Crippen molar-refractivity contribution in [1.29, 1.82) is 0 Å².